The first kappa shape index (κ1) is 16.3. The molecule has 2 aromatic carbocycles. The molecule has 0 saturated carbocycles. The first-order valence-electron chi connectivity index (χ1n) is 7.25. The van der Waals surface area contributed by atoms with E-state index < -0.39 is 0 Å². The number of halogens is 2. The van der Waals surface area contributed by atoms with Gasteiger partial charge in [-0.15, -0.1) is 11.3 Å². The van der Waals surface area contributed by atoms with Crippen molar-refractivity contribution in [2.75, 3.05) is 5.32 Å². The summed E-state index contributed by atoms with van der Waals surface area (Å²) in [5.41, 5.74) is 1.92. The fourth-order valence-corrected chi connectivity index (χ4v) is 4.17. The van der Waals surface area contributed by atoms with Crippen molar-refractivity contribution in [3.8, 4) is 0 Å². The van der Waals surface area contributed by atoms with Gasteiger partial charge in [0.25, 0.3) is 5.91 Å². The van der Waals surface area contributed by atoms with Gasteiger partial charge in [0.05, 0.1) is 5.02 Å². The molecule has 0 unspecified atom stereocenters. The summed E-state index contributed by atoms with van der Waals surface area (Å²) in [6.45, 7) is 4.19. The molecule has 0 aliphatic heterocycles. The summed E-state index contributed by atoms with van der Waals surface area (Å²) in [5.74, 6) is 0.128. The van der Waals surface area contributed by atoms with Gasteiger partial charge in [-0.05, 0) is 29.7 Å². The van der Waals surface area contributed by atoms with Gasteiger partial charge < -0.3 is 5.32 Å². The van der Waals surface area contributed by atoms with E-state index in [2.05, 4.69) is 19.2 Å². The average Bonchev–Trinajstić information content (AvgIpc) is 2.84. The van der Waals surface area contributed by atoms with Crippen LogP contribution in [0.15, 0.2) is 42.5 Å². The van der Waals surface area contributed by atoms with E-state index in [4.69, 9.17) is 23.2 Å². The lowest BCUT2D eigenvalue weighted by molar-refractivity contribution is 0.103. The zero-order valence-electron chi connectivity index (χ0n) is 12.7. The van der Waals surface area contributed by atoms with E-state index in [0.29, 0.717) is 20.8 Å². The maximum atomic E-state index is 12.6. The Hall–Kier alpha value is -1.55. The number of carbonyl (C=O) groups is 1. The molecule has 0 aliphatic rings. The molecule has 0 bridgehead atoms. The average molecular weight is 364 g/mol. The first-order valence-corrected chi connectivity index (χ1v) is 8.82. The lowest BCUT2D eigenvalue weighted by atomic mass is 10.0. The number of carbonyl (C=O) groups excluding carboxylic acids is 1. The third kappa shape index (κ3) is 3.23. The maximum Gasteiger partial charge on any atom is 0.267 e. The van der Waals surface area contributed by atoms with Crippen molar-refractivity contribution >= 4 is 56.2 Å². The standard InChI is InChI=1S/C18H15Cl2NOS/c1-10(2)12-5-3-4-6-14(12)21-18(22)17-16(20)13-8-7-11(19)9-15(13)23-17/h3-10H,1-2H3,(H,21,22). The Bertz CT molecular complexity index is 886. The Kier molecular flexibility index (Phi) is 4.62. The predicted molar refractivity (Wildman–Crippen MR) is 100 cm³/mol. The molecule has 3 rings (SSSR count). The van der Waals surface area contributed by atoms with Crippen molar-refractivity contribution in [2.45, 2.75) is 19.8 Å². The summed E-state index contributed by atoms with van der Waals surface area (Å²) in [6.07, 6.45) is 0. The molecule has 1 aromatic heterocycles. The van der Waals surface area contributed by atoms with Gasteiger partial charge in [-0.25, -0.2) is 0 Å². The van der Waals surface area contributed by atoms with Crippen molar-refractivity contribution in [3.63, 3.8) is 0 Å². The number of anilines is 1. The van der Waals surface area contributed by atoms with Crippen LogP contribution in [-0.2, 0) is 0 Å². The highest BCUT2D eigenvalue weighted by Gasteiger charge is 2.18. The summed E-state index contributed by atoms with van der Waals surface area (Å²) in [5, 5.41) is 4.93. The summed E-state index contributed by atoms with van der Waals surface area (Å²) in [6, 6.07) is 13.3. The van der Waals surface area contributed by atoms with Crippen LogP contribution < -0.4 is 5.32 Å². The van der Waals surface area contributed by atoms with Crippen molar-refractivity contribution < 1.29 is 4.79 Å². The second-order valence-electron chi connectivity index (χ2n) is 5.58. The molecular weight excluding hydrogens is 349 g/mol. The van der Waals surface area contributed by atoms with Crippen LogP contribution in [0.2, 0.25) is 10.0 Å². The Morgan fingerprint density at radius 3 is 2.61 bits per heavy atom. The molecule has 0 atom stereocenters. The molecular formula is C18H15Cl2NOS. The smallest absolute Gasteiger partial charge is 0.267 e. The van der Waals surface area contributed by atoms with Crippen LogP contribution in [0.25, 0.3) is 10.1 Å². The van der Waals surface area contributed by atoms with Crippen LogP contribution in [-0.4, -0.2) is 5.91 Å². The van der Waals surface area contributed by atoms with E-state index in [9.17, 15) is 4.79 Å². The van der Waals surface area contributed by atoms with Gasteiger partial charge in [0, 0.05) is 20.8 Å². The number of fused-ring (bicyclic) bond motifs is 1. The van der Waals surface area contributed by atoms with Crippen molar-refractivity contribution in [1.82, 2.24) is 0 Å². The first-order chi connectivity index (χ1) is 11.0. The number of nitrogens with one attached hydrogen (secondary N) is 1. The normalized spacial score (nSPS) is 11.2. The predicted octanol–water partition coefficient (Wildman–Crippen LogP) is 6.58. The highest BCUT2D eigenvalue weighted by molar-refractivity contribution is 7.21. The Balaban J connectivity index is 1.97. The second kappa shape index (κ2) is 6.52. The van der Waals surface area contributed by atoms with E-state index in [1.165, 1.54) is 11.3 Å². The van der Waals surface area contributed by atoms with Crippen LogP contribution >= 0.6 is 34.5 Å². The van der Waals surface area contributed by atoms with Gasteiger partial charge in [-0.2, -0.15) is 0 Å². The zero-order chi connectivity index (χ0) is 16.6. The third-order valence-electron chi connectivity index (χ3n) is 3.63. The Morgan fingerprint density at radius 2 is 1.87 bits per heavy atom. The van der Waals surface area contributed by atoms with Crippen molar-refractivity contribution in [2.24, 2.45) is 0 Å². The van der Waals surface area contributed by atoms with Crippen LogP contribution in [0.5, 0.6) is 0 Å². The van der Waals surface area contributed by atoms with Gasteiger partial charge in [-0.1, -0.05) is 61.3 Å². The SMILES string of the molecule is CC(C)c1ccccc1NC(=O)c1sc2cc(Cl)ccc2c1Cl. The van der Waals surface area contributed by atoms with Gasteiger partial charge >= 0.3 is 0 Å². The molecule has 5 heteroatoms. The number of amides is 1. The molecule has 23 heavy (non-hydrogen) atoms. The van der Waals surface area contributed by atoms with Crippen LogP contribution in [0.3, 0.4) is 0 Å². The zero-order valence-corrected chi connectivity index (χ0v) is 15.0. The molecule has 1 N–H and O–H groups in total. The molecule has 118 valence electrons. The van der Waals surface area contributed by atoms with E-state index in [1.807, 2.05) is 36.4 Å². The molecule has 0 aliphatic carbocycles. The van der Waals surface area contributed by atoms with Gasteiger partial charge in [0.1, 0.15) is 4.88 Å². The van der Waals surface area contributed by atoms with Crippen LogP contribution in [0.1, 0.15) is 35.0 Å². The number of para-hydroxylation sites is 1. The maximum absolute atomic E-state index is 12.6. The van der Waals surface area contributed by atoms with Gasteiger partial charge in [-0.3, -0.25) is 4.79 Å². The molecule has 2 nitrogen and oxygen atoms in total. The second-order valence-corrected chi connectivity index (χ2v) is 7.45. The van der Waals surface area contributed by atoms with Crippen LogP contribution in [0, 0.1) is 0 Å². The third-order valence-corrected chi connectivity index (χ3v) is 5.52. The Morgan fingerprint density at radius 1 is 1.13 bits per heavy atom. The number of benzene rings is 2. The highest BCUT2D eigenvalue weighted by Crippen LogP contribution is 2.37. The minimum absolute atomic E-state index is 0.194. The quantitative estimate of drug-likeness (QED) is 0.558. The van der Waals surface area contributed by atoms with Crippen LogP contribution in [0.4, 0.5) is 5.69 Å². The van der Waals surface area contributed by atoms with Crippen molar-refractivity contribution in [1.29, 1.82) is 0 Å². The van der Waals surface area contributed by atoms with Gasteiger partial charge in [0.15, 0.2) is 0 Å². The molecule has 0 saturated heterocycles. The van der Waals surface area contributed by atoms with Crippen molar-refractivity contribution in [3.05, 3.63) is 63.0 Å². The monoisotopic (exact) mass is 363 g/mol. The lowest BCUT2D eigenvalue weighted by Crippen LogP contribution is -2.12. The fourth-order valence-electron chi connectivity index (χ4n) is 2.48. The van der Waals surface area contributed by atoms with E-state index in [1.54, 1.807) is 6.07 Å². The number of rotatable bonds is 3. The molecule has 0 fully saturated rings. The highest BCUT2D eigenvalue weighted by atomic mass is 35.5. The Labute approximate surface area is 149 Å². The summed E-state index contributed by atoms with van der Waals surface area (Å²) in [4.78, 5) is 13.1. The van der Waals surface area contributed by atoms with E-state index in [-0.39, 0.29) is 5.91 Å². The molecule has 0 spiro atoms. The lowest BCUT2D eigenvalue weighted by Gasteiger charge is -2.13. The minimum Gasteiger partial charge on any atom is -0.321 e. The topological polar surface area (TPSA) is 29.1 Å². The number of hydrogen-bond acceptors (Lipinski definition) is 2. The summed E-state index contributed by atoms with van der Waals surface area (Å²) >= 11 is 13.7. The molecule has 3 aromatic rings. The number of thiophene rings is 1. The molecule has 0 radical (unpaired) electrons. The fraction of sp³-hybridized carbons (Fsp3) is 0.167. The van der Waals surface area contributed by atoms with Gasteiger partial charge in [0.2, 0.25) is 0 Å². The minimum atomic E-state index is -0.194. The van der Waals surface area contributed by atoms with E-state index in [0.717, 1.165) is 21.3 Å². The summed E-state index contributed by atoms with van der Waals surface area (Å²) < 4.78 is 0.907. The number of hydrogen-bond donors (Lipinski definition) is 1. The van der Waals surface area contributed by atoms with E-state index >= 15 is 0 Å². The largest absolute Gasteiger partial charge is 0.321 e. The molecule has 1 heterocycles. The summed E-state index contributed by atoms with van der Waals surface area (Å²) in [7, 11) is 0. The molecule has 1 amide bonds.